The molecule has 0 aliphatic rings. The molecule has 0 nitrogen and oxygen atoms in total. The van der Waals surface area contributed by atoms with Crippen LogP contribution in [0.5, 0.6) is 0 Å². The molecule has 0 bridgehead atoms. The predicted octanol–water partition coefficient (Wildman–Crippen LogP) is 4.04. The van der Waals surface area contributed by atoms with Crippen LogP contribution in [-0.4, -0.2) is 11.9 Å². The van der Waals surface area contributed by atoms with Gasteiger partial charge in [0.2, 0.25) is 5.82 Å². The SMILES string of the molecule is Fc1c(F)c(F)c(SCC(F)(F)F)c(F)c1F. The Kier molecular flexibility index (Phi) is 3.90. The number of thioether (sulfide) groups is 1. The summed E-state index contributed by atoms with van der Waals surface area (Å²) in [6, 6.07) is 0. The summed E-state index contributed by atoms with van der Waals surface area (Å²) in [7, 11) is 0. The Morgan fingerprint density at radius 1 is 0.706 bits per heavy atom. The molecule has 17 heavy (non-hydrogen) atoms. The molecule has 0 spiro atoms. The molecular formula is C8H2F8S. The Balaban J connectivity index is 3.16. The fourth-order valence-corrected chi connectivity index (χ4v) is 1.61. The summed E-state index contributed by atoms with van der Waals surface area (Å²) in [5.74, 6) is -13.2. The van der Waals surface area contributed by atoms with Crippen molar-refractivity contribution in [3.8, 4) is 0 Å². The van der Waals surface area contributed by atoms with Gasteiger partial charge in [-0.3, -0.25) is 0 Å². The van der Waals surface area contributed by atoms with Gasteiger partial charge < -0.3 is 0 Å². The van der Waals surface area contributed by atoms with Crippen LogP contribution >= 0.6 is 11.8 Å². The molecule has 0 aliphatic carbocycles. The van der Waals surface area contributed by atoms with Crippen molar-refractivity contribution in [3.63, 3.8) is 0 Å². The standard InChI is InChI=1S/C8H2F8S/c9-2-3(10)5(12)7(6(13)4(2)11)17-1-8(14,15)16/h1H2. The zero-order valence-corrected chi connectivity index (χ0v) is 8.46. The Bertz CT molecular complexity index is 409. The highest BCUT2D eigenvalue weighted by Crippen LogP contribution is 2.34. The van der Waals surface area contributed by atoms with E-state index in [2.05, 4.69) is 0 Å². The van der Waals surface area contributed by atoms with Gasteiger partial charge in [-0.15, -0.1) is 11.8 Å². The van der Waals surface area contributed by atoms with Crippen LogP contribution < -0.4 is 0 Å². The molecule has 0 unspecified atom stereocenters. The maximum atomic E-state index is 12.9. The maximum absolute atomic E-state index is 12.9. The monoisotopic (exact) mass is 282 g/mol. The maximum Gasteiger partial charge on any atom is 0.398 e. The second-order valence-corrected chi connectivity index (χ2v) is 3.79. The summed E-state index contributed by atoms with van der Waals surface area (Å²) in [6.07, 6.45) is -4.79. The van der Waals surface area contributed by atoms with Crippen molar-refractivity contribution in [2.45, 2.75) is 11.1 Å². The van der Waals surface area contributed by atoms with E-state index in [4.69, 9.17) is 0 Å². The van der Waals surface area contributed by atoms with Crippen LogP contribution in [-0.2, 0) is 0 Å². The zero-order valence-electron chi connectivity index (χ0n) is 7.64. The third-order valence-corrected chi connectivity index (χ3v) is 2.67. The molecule has 1 aromatic rings. The molecule has 0 fully saturated rings. The van der Waals surface area contributed by atoms with Gasteiger partial charge in [0.1, 0.15) is 0 Å². The molecule has 0 N–H and O–H groups in total. The Morgan fingerprint density at radius 3 is 1.41 bits per heavy atom. The minimum Gasteiger partial charge on any atom is -0.202 e. The molecule has 1 aromatic carbocycles. The van der Waals surface area contributed by atoms with E-state index >= 15 is 0 Å². The third kappa shape index (κ3) is 3.02. The number of alkyl halides is 3. The quantitative estimate of drug-likeness (QED) is 0.341. The van der Waals surface area contributed by atoms with Crippen molar-refractivity contribution >= 4 is 11.8 Å². The van der Waals surface area contributed by atoms with Crippen molar-refractivity contribution in [1.29, 1.82) is 0 Å². The summed E-state index contributed by atoms with van der Waals surface area (Å²) in [4.78, 5) is -1.54. The molecule has 96 valence electrons. The first-order valence-electron chi connectivity index (χ1n) is 3.86. The predicted molar refractivity (Wildman–Crippen MR) is 43.0 cm³/mol. The largest absolute Gasteiger partial charge is 0.398 e. The lowest BCUT2D eigenvalue weighted by Gasteiger charge is -2.09. The van der Waals surface area contributed by atoms with Crippen molar-refractivity contribution in [3.05, 3.63) is 29.1 Å². The number of halogens is 8. The number of benzene rings is 1. The van der Waals surface area contributed by atoms with Gasteiger partial charge in [-0.25, -0.2) is 22.0 Å². The second kappa shape index (κ2) is 4.71. The van der Waals surface area contributed by atoms with Crippen LogP contribution in [0.15, 0.2) is 4.90 Å². The van der Waals surface area contributed by atoms with Gasteiger partial charge in [-0.05, 0) is 0 Å². The van der Waals surface area contributed by atoms with Gasteiger partial charge in [-0.2, -0.15) is 13.2 Å². The Morgan fingerprint density at radius 2 is 1.06 bits per heavy atom. The van der Waals surface area contributed by atoms with Crippen LogP contribution in [0.1, 0.15) is 0 Å². The topological polar surface area (TPSA) is 0 Å². The van der Waals surface area contributed by atoms with E-state index in [1.54, 1.807) is 0 Å². The summed E-state index contributed by atoms with van der Waals surface area (Å²) >= 11 is -0.504. The highest BCUT2D eigenvalue weighted by Gasteiger charge is 2.31. The first-order chi connectivity index (χ1) is 7.65. The van der Waals surface area contributed by atoms with Crippen molar-refractivity contribution in [2.75, 3.05) is 5.75 Å². The van der Waals surface area contributed by atoms with Crippen molar-refractivity contribution < 1.29 is 35.1 Å². The molecule has 9 heteroatoms. The minimum absolute atomic E-state index is 0.504. The van der Waals surface area contributed by atoms with Gasteiger partial charge >= 0.3 is 6.18 Å². The second-order valence-electron chi connectivity index (χ2n) is 2.80. The highest BCUT2D eigenvalue weighted by atomic mass is 32.2. The lowest BCUT2D eigenvalue weighted by atomic mass is 10.3. The zero-order chi connectivity index (χ0) is 13.4. The Hall–Kier alpha value is -0.990. The van der Waals surface area contributed by atoms with E-state index in [0.29, 0.717) is 0 Å². The van der Waals surface area contributed by atoms with Crippen LogP contribution in [0.3, 0.4) is 0 Å². The molecule has 0 aliphatic heterocycles. The molecule has 0 heterocycles. The fourth-order valence-electron chi connectivity index (χ4n) is 0.865. The normalized spacial score (nSPS) is 12.0. The molecule has 0 radical (unpaired) electrons. The average Bonchev–Trinajstić information content (AvgIpc) is 2.22. The molecule has 0 saturated heterocycles. The van der Waals surface area contributed by atoms with Crippen molar-refractivity contribution in [1.82, 2.24) is 0 Å². The lowest BCUT2D eigenvalue weighted by Crippen LogP contribution is -2.12. The first kappa shape index (κ1) is 14.1. The van der Waals surface area contributed by atoms with E-state index in [1.165, 1.54) is 0 Å². The molecule has 1 rings (SSSR count). The lowest BCUT2D eigenvalue weighted by molar-refractivity contribution is -0.105. The van der Waals surface area contributed by atoms with Crippen LogP contribution in [0.2, 0.25) is 0 Å². The molecular weight excluding hydrogens is 280 g/mol. The third-order valence-electron chi connectivity index (χ3n) is 1.55. The van der Waals surface area contributed by atoms with Crippen LogP contribution in [0.4, 0.5) is 35.1 Å². The van der Waals surface area contributed by atoms with Crippen LogP contribution in [0.25, 0.3) is 0 Å². The van der Waals surface area contributed by atoms with Gasteiger partial charge in [0, 0.05) is 0 Å². The smallest absolute Gasteiger partial charge is 0.202 e. The average molecular weight is 282 g/mol. The summed E-state index contributed by atoms with van der Waals surface area (Å²) < 4.78 is 98.7. The summed E-state index contributed by atoms with van der Waals surface area (Å²) in [5.41, 5.74) is 0. The summed E-state index contributed by atoms with van der Waals surface area (Å²) in [5, 5.41) is 0. The van der Waals surface area contributed by atoms with E-state index < -0.39 is 57.7 Å². The number of hydrogen-bond donors (Lipinski definition) is 0. The molecule has 0 saturated carbocycles. The van der Waals surface area contributed by atoms with Gasteiger partial charge in [0.05, 0.1) is 10.6 Å². The summed E-state index contributed by atoms with van der Waals surface area (Å²) in [6.45, 7) is 0. The highest BCUT2D eigenvalue weighted by molar-refractivity contribution is 7.99. The first-order valence-corrected chi connectivity index (χ1v) is 4.84. The molecule has 0 atom stereocenters. The fraction of sp³-hybridized carbons (Fsp3) is 0.250. The van der Waals surface area contributed by atoms with E-state index in [1.807, 2.05) is 0 Å². The number of rotatable bonds is 2. The van der Waals surface area contributed by atoms with Gasteiger partial charge in [0.25, 0.3) is 0 Å². The van der Waals surface area contributed by atoms with Crippen LogP contribution in [0, 0.1) is 29.1 Å². The molecule has 0 amide bonds. The van der Waals surface area contributed by atoms with Crippen molar-refractivity contribution in [2.24, 2.45) is 0 Å². The van der Waals surface area contributed by atoms with E-state index in [-0.39, 0.29) is 0 Å². The van der Waals surface area contributed by atoms with Gasteiger partial charge in [-0.1, -0.05) is 0 Å². The number of hydrogen-bond acceptors (Lipinski definition) is 1. The minimum atomic E-state index is -4.79. The molecule has 0 aromatic heterocycles. The van der Waals surface area contributed by atoms with E-state index in [9.17, 15) is 35.1 Å². The Labute approximate surface area is 93.6 Å². The van der Waals surface area contributed by atoms with Gasteiger partial charge in [0.15, 0.2) is 23.3 Å². The van der Waals surface area contributed by atoms with E-state index in [0.717, 1.165) is 0 Å².